The fraction of sp³-hybridized carbons (Fsp3) is 0.765. The van der Waals surface area contributed by atoms with Gasteiger partial charge in [-0.25, -0.2) is 0 Å². The number of aldehydes is 2. The number of aliphatic hydroxyl groups excluding tert-OH is 1. The average molecular weight is 732 g/mol. The summed E-state index contributed by atoms with van der Waals surface area (Å²) in [6.45, 7) is 11.3. The number of rotatable bonds is 21. The molecule has 1 heterocycles. The predicted octanol–water partition coefficient (Wildman–Crippen LogP) is -0.390. The number of primary amides is 1. The highest BCUT2D eigenvalue weighted by Gasteiger charge is 2.37. The smallest absolute Gasteiger partial charge is 0.303 e. The molecule has 5 amide bonds. The number of hydrogen-bond acceptors (Lipinski definition) is 11. The molecule has 1 aliphatic heterocycles. The fourth-order valence-electron chi connectivity index (χ4n) is 4.79. The van der Waals surface area contributed by atoms with E-state index in [0.29, 0.717) is 51.2 Å². The van der Waals surface area contributed by atoms with E-state index >= 15 is 0 Å². The van der Waals surface area contributed by atoms with Gasteiger partial charge in [0.25, 0.3) is 0 Å². The molecule has 0 bridgehead atoms. The van der Waals surface area contributed by atoms with Crippen LogP contribution in [0.15, 0.2) is 0 Å². The largest absolute Gasteiger partial charge is 0.481 e. The topological polar surface area (TPSA) is 280 Å². The minimum absolute atomic E-state index is 0.0694. The maximum atomic E-state index is 13.2. The van der Waals surface area contributed by atoms with Crippen LogP contribution in [0.2, 0.25) is 0 Å². The van der Waals surface area contributed by atoms with Crippen LogP contribution in [0.3, 0.4) is 0 Å². The van der Waals surface area contributed by atoms with E-state index in [9.17, 15) is 43.5 Å². The first-order valence-electron chi connectivity index (χ1n) is 17.6. The first-order chi connectivity index (χ1) is 24.1. The van der Waals surface area contributed by atoms with Crippen LogP contribution in [0.1, 0.15) is 99.3 Å². The van der Waals surface area contributed by atoms with Gasteiger partial charge in [-0.05, 0) is 52.1 Å². The molecule has 4 unspecified atom stereocenters. The molecule has 0 aliphatic carbocycles. The summed E-state index contributed by atoms with van der Waals surface area (Å²) in [6, 6.07) is -4.21. The van der Waals surface area contributed by atoms with Crippen LogP contribution in [0.4, 0.5) is 0 Å². The van der Waals surface area contributed by atoms with Crippen molar-refractivity contribution in [3.8, 4) is 0 Å². The number of likely N-dealkylation sites (tertiary alicyclic amines) is 1. The van der Waals surface area contributed by atoms with Gasteiger partial charge in [0.05, 0.1) is 24.6 Å². The molecule has 6 atom stereocenters. The molecule has 0 spiro atoms. The summed E-state index contributed by atoms with van der Waals surface area (Å²) in [7, 11) is 3.10. The van der Waals surface area contributed by atoms with E-state index in [1.54, 1.807) is 14.0 Å². The molecule has 0 saturated carbocycles. The van der Waals surface area contributed by atoms with E-state index in [0.717, 1.165) is 6.42 Å². The molecule has 0 aromatic carbocycles. The van der Waals surface area contributed by atoms with Crippen molar-refractivity contribution in [2.45, 2.75) is 130 Å². The number of amides is 5. The molecule has 17 heteroatoms. The number of aliphatic carboxylic acids is 1. The van der Waals surface area contributed by atoms with Gasteiger partial charge in [0.2, 0.25) is 29.5 Å². The molecule has 0 aromatic heterocycles. The molecule has 0 radical (unpaired) electrons. The average Bonchev–Trinajstić information content (AvgIpc) is 3.61. The second-order valence-corrected chi connectivity index (χ2v) is 12.1. The van der Waals surface area contributed by atoms with E-state index in [-0.39, 0.29) is 31.3 Å². The number of likely N-dealkylation sites (N-methyl/N-ethyl adjacent to an activating group) is 1. The standard InChI is InChI=1S/C26H44N4O8.C5H10N2O2.C2H6.CH5N/c1-5-6-8-19(23(35)27-18(15-32)13-16(2)3)28-24(36)20(10-11-22(33)34)29-25(37)21-9-7-12-30(21)26(38)17(4)14-31;1-7-4(3-8)2-5(6)9;2*1-2/h15-21,31H,5-14H2,1-4H3,(H,27,35)(H,28,36)(H,29,37)(H,33,34);3-4,7H,2H2,1H3,(H2,6,9);1-2H3;2H2,1H3/t17?,18?,19-,20?,21?;4-;;/m00../s1. The molecule has 10 N–H and O–H groups in total. The van der Waals surface area contributed by atoms with Gasteiger partial charge in [0.15, 0.2) is 0 Å². The summed E-state index contributed by atoms with van der Waals surface area (Å²) in [6.07, 6.45) is 3.80. The Labute approximate surface area is 302 Å². The Morgan fingerprint density at radius 3 is 1.88 bits per heavy atom. The van der Waals surface area contributed by atoms with Crippen molar-refractivity contribution >= 4 is 48.1 Å². The fourth-order valence-corrected chi connectivity index (χ4v) is 4.79. The molecule has 296 valence electrons. The molecule has 51 heavy (non-hydrogen) atoms. The minimum atomic E-state index is -1.25. The van der Waals surface area contributed by atoms with Crippen LogP contribution in [0.5, 0.6) is 0 Å². The maximum absolute atomic E-state index is 13.2. The molecule has 1 aliphatic rings. The van der Waals surface area contributed by atoms with Gasteiger partial charge in [-0.2, -0.15) is 0 Å². The first kappa shape index (κ1) is 51.4. The number of nitrogens with zero attached hydrogens (tertiary/aromatic N) is 1. The second-order valence-electron chi connectivity index (χ2n) is 12.1. The van der Waals surface area contributed by atoms with Gasteiger partial charge in [0, 0.05) is 19.4 Å². The predicted molar refractivity (Wildman–Crippen MR) is 193 cm³/mol. The molecule has 17 nitrogen and oxygen atoms in total. The lowest BCUT2D eigenvalue weighted by Gasteiger charge is -2.28. The summed E-state index contributed by atoms with van der Waals surface area (Å²) < 4.78 is 0. The van der Waals surface area contributed by atoms with Crippen LogP contribution in [-0.4, -0.2) is 121 Å². The maximum Gasteiger partial charge on any atom is 0.303 e. The Balaban J connectivity index is -0.00000151. The number of unbranched alkanes of at least 4 members (excludes halogenated alkanes) is 1. The molecule has 1 saturated heterocycles. The number of carbonyl (C=O) groups excluding carboxylic acids is 7. The number of carboxylic acids is 1. The summed E-state index contributed by atoms with van der Waals surface area (Å²) in [5.74, 6) is -4.38. The van der Waals surface area contributed by atoms with E-state index < -0.39 is 72.1 Å². The van der Waals surface area contributed by atoms with Crippen LogP contribution >= 0.6 is 0 Å². The lowest BCUT2D eigenvalue weighted by atomic mass is 10.0. The zero-order valence-electron chi connectivity index (χ0n) is 31.7. The minimum Gasteiger partial charge on any atom is -0.481 e. The molecular weight excluding hydrogens is 666 g/mol. The SMILES string of the molecule is CC.CCCC[C@H](NC(=O)C(CCC(=O)O)NC(=O)C1CCCN1C(=O)C(C)CO)C(=O)NC(C=O)CC(C)C.CN.CN[C@H](C=O)CC(N)=O. The van der Waals surface area contributed by atoms with E-state index in [1.165, 1.54) is 11.9 Å². The molecular formula is C34H65N7O10. The Kier molecular flexibility index (Phi) is 31.1. The van der Waals surface area contributed by atoms with Gasteiger partial charge in [-0.1, -0.05) is 54.4 Å². The number of carbonyl (C=O) groups is 8. The van der Waals surface area contributed by atoms with Crippen molar-refractivity contribution < 1.29 is 48.6 Å². The van der Waals surface area contributed by atoms with Crippen LogP contribution in [0.25, 0.3) is 0 Å². The lowest BCUT2D eigenvalue weighted by Crippen LogP contribution is -2.57. The van der Waals surface area contributed by atoms with Gasteiger partial charge in [0.1, 0.15) is 30.7 Å². The Morgan fingerprint density at radius 2 is 1.45 bits per heavy atom. The lowest BCUT2D eigenvalue weighted by molar-refractivity contribution is -0.143. The van der Waals surface area contributed by atoms with E-state index in [1.807, 2.05) is 34.6 Å². The highest BCUT2D eigenvalue weighted by Crippen LogP contribution is 2.20. The summed E-state index contributed by atoms with van der Waals surface area (Å²) in [5.41, 5.74) is 9.31. The third kappa shape index (κ3) is 22.5. The van der Waals surface area contributed by atoms with Crippen LogP contribution < -0.4 is 32.7 Å². The first-order valence-corrected chi connectivity index (χ1v) is 17.6. The van der Waals surface area contributed by atoms with Crippen molar-refractivity contribution in [1.82, 2.24) is 26.2 Å². The van der Waals surface area contributed by atoms with Crippen molar-refractivity contribution in [3.05, 3.63) is 0 Å². The number of nitrogens with one attached hydrogen (secondary N) is 4. The molecule has 1 rings (SSSR count). The third-order valence-electron chi connectivity index (χ3n) is 7.47. The number of carboxylic acid groups (broad SMARTS) is 1. The Morgan fingerprint density at radius 1 is 0.902 bits per heavy atom. The van der Waals surface area contributed by atoms with E-state index in [2.05, 4.69) is 27.0 Å². The number of aliphatic hydroxyl groups is 1. The van der Waals surface area contributed by atoms with Crippen molar-refractivity contribution in [3.63, 3.8) is 0 Å². The Hall–Kier alpha value is -3.96. The zero-order valence-corrected chi connectivity index (χ0v) is 31.7. The normalized spacial score (nSPS) is 16.1. The monoisotopic (exact) mass is 731 g/mol. The zero-order chi connectivity index (χ0) is 40.1. The van der Waals surface area contributed by atoms with Crippen LogP contribution in [0, 0.1) is 11.8 Å². The van der Waals surface area contributed by atoms with Gasteiger partial charge in [-0.15, -0.1) is 0 Å². The summed E-state index contributed by atoms with van der Waals surface area (Å²) in [5, 5.41) is 29.0. The van der Waals surface area contributed by atoms with Gasteiger partial charge < -0.3 is 57.4 Å². The van der Waals surface area contributed by atoms with Crippen molar-refractivity contribution in [2.75, 3.05) is 27.2 Å². The van der Waals surface area contributed by atoms with Gasteiger partial charge >= 0.3 is 5.97 Å². The molecule has 1 fully saturated rings. The summed E-state index contributed by atoms with van der Waals surface area (Å²) >= 11 is 0. The quantitative estimate of drug-likeness (QED) is 0.0701. The number of hydrogen-bond donors (Lipinski definition) is 8. The highest BCUT2D eigenvalue weighted by molar-refractivity contribution is 5.95. The second kappa shape index (κ2) is 30.8. The highest BCUT2D eigenvalue weighted by atomic mass is 16.4. The van der Waals surface area contributed by atoms with Crippen molar-refractivity contribution in [2.24, 2.45) is 23.3 Å². The van der Waals surface area contributed by atoms with Gasteiger partial charge in [-0.3, -0.25) is 28.8 Å². The van der Waals surface area contributed by atoms with Crippen LogP contribution in [-0.2, 0) is 38.4 Å². The Bertz CT molecular complexity index is 1060. The number of nitrogens with two attached hydrogens (primary N) is 2. The third-order valence-corrected chi connectivity index (χ3v) is 7.47. The van der Waals surface area contributed by atoms with Crippen molar-refractivity contribution in [1.29, 1.82) is 0 Å². The molecule has 0 aromatic rings. The van der Waals surface area contributed by atoms with E-state index in [4.69, 9.17) is 10.8 Å². The summed E-state index contributed by atoms with van der Waals surface area (Å²) in [4.78, 5) is 96.0.